The fourth-order valence-electron chi connectivity index (χ4n) is 3.95. The number of carbonyl (C=O) groups excluding carboxylic acids is 1. The number of nitrogens with one attached hydrogen (secondary N) is 1. The molecule has 2 atom stereocenters. The molecule has 0 spiro atoms. The third-order valence-corrected chi connectivity index (χ3v) is 5.76. The smallest absolute Gasteiger partial charge is 0.306 e. The Hall–Kier alpha value is -1.88. The average Bonchev–Trinajstić information content (AvgIpc) is 2.72. The van der Waals surface area contributed by atoms with Crippen molar-refractivity contribution in [1.29, 1.82) is 0 Å². The van der Waals surface area contributed by atoms with Crippen molar-refractivity contribution in [2.24, 2.45) is 5.92 Å². The molecule has 0 saturated carbocycles. The Morgan fingerprint density at radius 1 is 1.28 bits per heavy atom. The minimum absolute atomic E-state index is 0.134. The summed E-state index contributed by atoms with van der Waals surface area (Å²) in [5.74, 6) is 0.417. The fraction of sp³-hybridized carbons (Fsp3) is 0.458. The van der Waals surface area contributed by atoms with Crippen LogP contribution >= 0.6 is 11.6 Å². The largest absolute Gasteiger partial charge is 0.466 e. The van der Waals surface area contributed by atoms with Gasteiger partial charge in [-0.2, -0.15) is 0 Å². The number of aliphatic hydroxyl groups is 1. The van der Waals surface area contributed by atoms with Crippen molar-refractivity contribution in [2.45, 2.75) is 45.1 Å². The van der Waals surface area contributed by atoms with Crippen LogP contribution in [0.15, 0.2) is 42.5 Å². The second kappa shape index (κ2) is 10.8. The molecule has 4 nitrogen and oxygen atoms in total. The molecule has 0 amide bonds. The molecular weight excluding hydrogens is 386 g/mol. The standard InChI is InChI=1S/C24H30ClNO3/c1-2-29-24(28)11-8-17-6-9-19-10-7-18(13-21(19)12-17)15-26-16-23(27)20-4-3-5-22(25)14-20/h3-6,9,12,14,18,23,26-27H,2,7-8,10-11,13,15-16H2,1H3. The van der Waals surface area contributed by atoms with Crippen molar-refractivity contribution >= 4 is 17.6 Å². The molecule has 0 fully saturated rings. The maximum atomic E-state index is 11.6. The van der Waals surface area contributed by atoms with Gasteiger partial charge in [0.25, 0.3) is 0 Å². The normalized spacial score (nSPS) is 16.9. The first kappa shape index (κ1) is 21.8. The number of ether oxygens (including phenoxy) is 1. The van der Waals surface area contributed by atoms with Crippen LogP contribution in [0.5, 0.6) is 0 Å². The zero-order chi connectivity index (χ0) is 20.6. The Morgan fingerprint density at radius 2 is 2.14 bits per heavy atom. The molecule has 2 N–H and O–H groups in total. The average molecular weight is 416 g/mol. The van der Waals surface area contributed by atoms with Crippen molar-refractivity contribution in [2.75, 3.05) is 19.7 Å². The monoisotopic (exact) mass is 415 g/mol. The molecule has 0 bridgehead atoms. The molecule has 156 valence electrons. The van der Waals surface area contributed by atoms with E-state index in [0.717, 1.165) is 37.8 Å². The van der Waals surface area contributed by atoms with E-state index < -0.39 is 6.10 Å². The molecule has 0 radical (unpaired) electrons. The minimum atomic E-state index is -0.556. The molecule has 0 aliphatic heterocycles. The van der Waals surface area contributed by atoms with Crippen LogP contribution in [0.4, 0.5) is 0 Å². The quantitative estimate of drug-likeness (QED) is 0.600. The van der Waals surface area contributed by atoms with Gasteiger partial charge in [0, 0.05) is 18.0 Å². The lowest BCUT2D eigenvalue weighted by atomic mass is 9.82. The first-order valence-electron chi connectivity index (χ1n) is 10.5. The Balaban J connectivity index is 1.48. The molecule has 2 unspecified atom stereocenters. The molecule has 1 aliphatic carbocycles. The maximum absolute atomic E-state index is 11.6. The fourth-order valence-corrected chi connectivity index (χ4v) is 4.15. The predicted molar refractivity (Wildman–Crippen MR) is 116 cm³/mol. The first-order chi connectivity index (χ1) is 14.0. The van der Waals surface area contributed by atoms with Crippen LogP contribution in [-0.4, -0.2) is 30.8 Å². The Labute approximate surface area is 178 Å². The third-order valence-electron chi connectivity index (χ3n) is 5.53. The highest BCUT2D eigenvalue weighted by atomic mass is 35.5. The highest BCUT2D eigenvalue weighted by Crippen LogP contribution is 2.27. The molecule has 29 heavy (non-hydrogen) atoms. The van der Waals surface area contributed by atoms with E-state index in [-0.39, 0.29) is 5.97 Å². The summed E-state index contributed by atoms with van der Waals surface area (Å²) in [7, 11) is 0. The first-order valence-corrected chi connectivity index (χ1v) is 10.8. The number of aryl methyl sites for hydroxylation is 2. The van der Waals surface area contributed by atoms with E-state index in [1.807, 2.05) is 31.2 Å². The van der Waals surface area contributed by atoms with E-state index in [1.54, 1.807) is 0 Å². The second-order valence-corrected chi connectivity index (χ2v) is 8.18. The van der Waals surface area contributed by atoms with Gasteiger partial charge in [-0.15, -0.1) is 0 Å². The number of esters is 1. The van der Waals surface area contributed by atoms with Crippen LogP contribution in [0.2, 0.25) is 5.02 Å². The lowest BCUT2D eigenvalue weighted by Crippen LogP contribution is -2.30. The van der Waals surface area contributed by atoms with Crippen molar-refractivity contribution in [1.82, 2.24) is 5.32 Å². The number of fused-ring (bicyclic) bond motifs is 1. The number of hydrogen-bond acceptors (Lipinski definition) is 4. The van der Waals surface area contributed by atoms with Gasteiger partial charge in [-0.1, -0.05) is 41.9 Å². The van der Waals surface area contributed by atoms with Crippen molar-refractivity contribution in [3.63, 3.8) is 0 Å². The molecule has 0 aromatic heterocycles. The van der Waals surface area contributed by atoms with Crippen molar-refractivity contribution in [3.8, 4) is 0 Å². The van der Waals surface area contributed by atoms with E-state index in [1.165, 1.54) is 16.7 Å². The van der Waals surface area contributed by atoms with Crippen LogP contribution in [0.25, 0.3) is 0 Å². The van der Waals surface area contributed by atoms with Gasteiger partial charge in [-0.3, -0.25) is 4.79 Å². The van der Waals surface area contributed by atoms with Gasteiger partial charge in [0.15, 0.2) is 0 Å². The van der Waals surface area contributed by atoms with Gasteiger partial charge in [0.2, 0.25) is 0 Å². The van der Waals surface area contributed by atoms with Gasteiger partial charge < -0.3 is 15.2 Å². The van der Waals surface area contributed by atoms with Gasteiger partial charge in [0.1, 0.15) is 0 Å². The maximum Gasteiger partial charge on any atom is 0.306 e. The number of benzene rings is 2. The van der Waals surface area contributed by atoms with Gasteiger partial charge >= 0.3 is 5.97 Å². The Kier molecular flexibility index (Phi) is 8.10. The second-order valence-electron chi connectivity index (χ2n) is 7.75. The minimum Gasteiger partial charge on any atom is -0.466 e. The van der Waals surface area contributed by atoms with Crippen LogP contribution in [0, 0.1) is 5.92 Å². The Bertz CT molecular complexity index is 824. The summed E-state index contributed by atoms with van der Waals surface area (Å²) in [4.78, 5) is 11.6. The van der Waals surface area contributed by atoms with E-state index in [4.69, 9.17) is 16.3 Å². The Morgan fingerprint density at radius 3 is 2.93 bits per heavy atom. The molecule has 5 heteroatoms. The lowest BCUT2D eigenvalue weighted by molar-refractivity contribution is -0.143. The van der Waals surface area contributed by atoms with Gasteiger partial charge in [0.05, 0.1) is 12.7 Å². The van der Waals surface area contributed by atoms with Crippen LogP contribution in [0.1, 0.15) is 48.1 Å². The topological polar surface area (TPSA) is 58.6 Å². The molecule has 0 heterocycles. The lowest BCUT2D eigenvalue weighted by Gasteiger charge is -2.26. The number of aliphatic hydroxyl groups excluding tert-OH is 1. The molecule has 2 aromatic rings. The third kappa shape index (κ3) is 6.56. The molecular formula is C24H30ClNO3. The number of hydrogen-bond donors (Lipinski definition) is 2. The molecule has 2 aromatic carbocycles. The van der Waals surface area contributed by atoms with Crippen molar-refractivity contribution in [3.05, 3.63) is 69.7 Å². The summed E-state index contributed by atoms with van der Waals surface area (Å²) < 4.78 is 5.02. The summed E-state index contributed by atoms with van der Waals surface area (Å²) in [5.41, 5.74) is 4.84. The summed E-state index contributed by atoms with van der Waals surface area (Å²) in [6.45, 7) is 3.66. The van der Waals surface area contributed by atoms with Gasteiger partial charge in [-0.25, -0.2) is 0 Å². The number of rotatable bonds is 9. The van der Waals surface area contributed by atoms with E-state index >= 15 is 0 Å². The van der Waals surface area contributed by atoms with E-state index in [2.05, 4.69) is 23.5 Å². The summed E-state index contributed by atoms with van der Waals surface area (Å²) in [6, 6.07) is 14.0. The molecule has 3 rings (SSSR count). The zero-order valence-corrected chi connectivity index (χ0v) is 17.8. The van der Waals surface area contributed by atoms with E-state index in [0.29, 0.717) is 30.5 Å². The highest BCUT2D eigenvalue weighted by molar-refractivity contribution is 6.30. The number of carbonyl (C=O) groups is 1. The van der Waals surface area contributed by atoms with Crippen LogP contribution in [-0.2, 0) is 28.8 Å². The summed E-state index contributed by atoms with van der Waals surface area (Å²) in [6.07, 6.45) is 3.86. The van der Waals surface area contributed by atoms with Gasteiger partial charge in [-0.05, 0) is 79.5 Å². The SMILES string of the molecule is CCOC(=O)CCc1ccc2c(c1)CC(CNCC(O)c1cccc(Cl)c1)CC2. The predicted octanol–water partition coefficient (Wildman–Crippen LogP) is 4.26. The zero-order valence-electron chi connectivity index (χ0n) is 17.0. The number of halogens is 1. The van der Waals surface area contributed by atoms with E-state index in [9.17, 15) is 9.90 Å². The molecule has 1 aliphatic rings. The summed E-state index contributed by atoms with van der Waals surface area (Å²) >= 11 is 6.00. The highest BCUT2D eigenvalue weighted by Gasteiger charge is 2.19. The summed E-state index contributed by atoms with van der Waals surface area (Å²) in [5, 5.41) is 14.4. The van der Waals surface area contributed by atoms with Crippen LogP contribution in [0.3, 0.4) is 0 Å². The van der Waals surface area contributed by atoms with Crippen LogP contribution < -0.4 is 5.32 Å². The van der Waals surface area contributed by atoms with Crippen molar-refractivity contribution < 1.29 is 14.6 Å². The molecule has 0 saturated heterocycles.